The molecule has 0 radical (unpaired) electrons. The quantitative estimate of drug-likeness (QED) is 0.510. The summed E-state index contributed by atoms with van der Waals surface area (Å²) < 4.78 is -1.19. The first-order chi connectivity index (χ1) is 7.53. The molecule has 1 aliphatic carbocycles. The number of hydrogen-bond donors (Lipinski definition) is 0. The first-order valence-electron chi connectivity index (χ1n) is 6.07. The van der Waals surface area contributed by atoms with Gasteiger partial charge in [-0.3, -0.25) is 0 Å². The average molecular weight is 292 g/mol. The smallest absolute Gasteiger partial charge is 0.0608 e. The Balaban J connectivity index is 2.20. The van der Waals surface area contributed by atoms with Gasteiger partial charge in [0.1, 0.15) is 0 Å². The minimum Gasteiger partial charge on any atom is -0.113 e. The molecule has 2 aliphatic rings. The van der Waals surface area contributed by atoms with E-state index in [-0.39, 0.29) is 0 Å². The van der Waals surface area contributed by atoms with Gasteiger partial charge in [0, 0.05) is 17.2 Å². The SMILES string of the molecule is C=C(C)C1CCC(C)CC1P1(=S)SCCS1. The van der Waals surface area contributed by atoms with Gasteiger partial charge in [0.15, 0.2) is 0 Å². The molecular formula is C12H21PS3. The van der Waals surface area contributed by atoms with Crippen LogP contribution in [-0.2, 0) is 11.8 Å². The molecule has 1 aliphatic heterocycles. The summed E-state index contributed by atoms with van der Waals surface area (Å²) in [6, 6.07) is 0. The second-order valence-electron chi connectivity index (χ2n) is 5.14. The van der Waals surface area contributed by atoms with Crippen LogP contribution in [0.25, 0.3) is 0 Å². The Bertz CT molecular complexity index is 316. The van der Waals surface area contributed by atoms with Gasteiger partial charge in [0.05, 0.1) is 4.44 Å². The standard InChI is InChI=1S/C12H21PS3/c1-9(2)11-5-4-10(3)8-12(11)13(14)15-6-7-16-13/h10-12H,1,4-8H2,2-3H3. The summed E-state index contributed by atoms with van der Waals surface area (Å²) in [4.78, 5) is 0. The molecule has 1 saturated heterocycles. The molecule has 0 bridgehead atoms. The fraction of sp³-hybridized carbons (Fsp3) is 0.833. The molecule has 0 spiro atoms. The molecule has 0 aromatic carbocycles. The monoisotopic (exact) mass is 292 g/mol. The minimum atomic E-state index is -1.19. The lowest BCUT2D eigenvalue weighted by Gasteiger charge is -2.39. The van der Waals surface area contributed by atoms with Crippen LogP contribution in [0, 0.1) is 11.8 Å². The highest BCUT2D eigenvalue weighted by Crippen LogP contribution is 2.79. The molecule has 2 rings (SSSR count). The summed E-state index contributed by atoms with van der Waals surface area (Å²) in [6.45, 7) is 8.82. The van der Waals surface area contributed by atoms with E-state index < -0.39 is 4.44 Å². The zero-order valence-electron chi connectivity index (χ0n) is 10.1. The summed E-state index contributed by atoms with van der Waals surface area (Å²) in [5, 5.41) is 0. The van der Waals surface area contributed by atoms with Crippen molar-refractivity contribution in [2.24, 2.45) is 11.8 Å². The van der Waals surface area contributed by atoms with Crippen LogP contribution in [-0.4, -0.2) is 17.2 Å². The normalized spacial score (nSPS) is 38.5. The second-order valence-corrected chi connectivity index (χ2v) is 17.0. The predicted octanol–water partition coefficient (Wildman–Crippen LogP) is 5.16. The van der Waals surface area contributed by atoms with Gasteiger partial charge in [-0.25, -0.2) is 0 Å². The van der Waals surface area contributed by atoms with Gasteiger partial charge in [-0.2, -0.15) is 0 Å². The van der Waals surface area contributed by atoms with Crippen molar-refractivity contribution < 1.29 is 0 Å². The van der Waals surface area contributed by atoms with Crippen LogP contribution in [0.4, 0.5) is 0 Å². The Morgan fingerprint density at radius 2 is 1.94 bits per heavy atom. The lowest BCUT2D eigenvalue weighted by Crippen LogP contribution is -2.27. The Morgan fingerprint density at radius 3 is 2.50 bits per heavy atom. The molecule has 92 valence electrons. The van der Waals surface area contributed by atoms with Crippen molar-refractivity contribution in [2.75, 3.05) is 11.5 Å². The van der Waals surface area contributed by atoms with Crippen LogP contribution in [0.5, 0.6) is 0 Å². The van der Waals surface area contributed by atoms with Gasteiger partial charge < -0.3 is 0 Å². The highest BCUT2D eigenvalue weighted by molar-refractivity contribution is 9.02. The van der Waals surface area contributed by atoms with E-state index in [1.165, 1.54) is 36.3 Å². The van der Waals surface area contributed by atoms with Gasteiger partial charge in [0.2, 0.25) is 0 Å². The average Bonchev–Trinajstić information content (AvgIpc) is 2.66. The van der Waals surface area contributed by atoms with E-state index >= 15 is 0 Å². The summed E-state index contributed by atoms with van der Waals surface area (Å²) in [5.74, 6) is 4.17. The van der Waals surface area contributed by atoms with Crippen LogP contribution in [0.3, 0.4) is 0 Å². The molecule has 3 atom stereocenters. The van der Waals surface area contributed by atoms with Crippen LogP contribution in [0.2, 0.25) is 0 Å². The van der Waals surface area contributed by atoms with Crippen molar-refractivity contribution in [3.05, 3.63) is 12.2 Å². The van der Waals surface area contributed by atoms with Crippen LogP contribution in [0.1, 0.15) is 33.1 Å². The zero-order chi connectivity index (χ0) is 11.8. The molecule has 4 heteroatoms. The lowest BCUT2D eigenvalue weighted by atomic mass is 9.79. The molecule has 0 aromatic heterocycles. The van der Waals surface area contributed by atoms with E-state index in [2.05, 4.69) is 43.2 Å². The fourth-order valence-corrected chi connectivity index (χ4v) is 15.6. The lowest BCUT2D eigenvalue weighted by molar-refractivity contribution is 0.329. The Labute approximate surface area is 113 Å². The molecule has 1 saturated carbocycles. The maximum absolute atomic E-state index is 6.03. The van der Waals surface area contributed by atoms with Crippen molar-refractivity contribution in [3.8, 4) is 0 Å². The van der Waals surface area contributed by atoms with E-state index in [1.807, 2.05) is 0 Å². The number of hydrogen-bond acceptors (Lipinski definition) is 3. The van der Waals surface area contributed by atoms with Crippen molar-refractivity contribution in [1.82, 2.24) is 0 Å². The number of rotatable bonds is 2. The first kappa shape index (κ1) is 13.5. The minimum absolute atomic E-state index is 0.722. The number of allylic oxidation sites excluding steroid dienone is 1. The maximum Gasteiger partial charge on any atom is 0.0608 e. The summed E-state index contributed by atoms with van der Waals surface area (Å²) in [6.07, 6.45) is 4.06. The second kappa shape index (κ2) is 5.38. The highest BCUT2D eigenvalue weighted by atomic mass is 33.2. The van der Waals surface area contributed by atoms with E-state index in [1.54, 1.807) is 0 Å². The van der Waals surface area contributed by atoms with Gasteiger partial charge in [0.25, 0.3) is 0 Å². The van der Waals surface area contributed by atoms with E-state index in [0.29, 0.717) is 0 Å². The van der Waals surface area contributed by atoms with Crippen molar-refractivity contribution >= 4 is 39.0 Å². The summed E-state index contributed by atoms with van der Waals surface area (Å²) in [7, 11) is 0. The molecule has 2 fully saturated rings. The molecule has 0 N–H and O–H groups in total. The van der Waals surface area contributed by atoms with Gasteiger partial charge in [-0.1, -0.05) is 37.3 Å². The van der Waals surface area contributed by atoms with Crippen molar-refractivity contribution in [2.45, 2.75) is 38.8 Å². The van der Waals surface area contributed by atoms with Gasteiger partial charge >= 0.3 is 0 Å². The van der Waals surface area contributed by atoms with Crippen LogP contribution >= 0.6 is 27.2 Å². The highest BCUT2D eigenvalue weighted by Gasteiger charge is 2.41. The molecule has 3 unspecified atom stereocenters. The summed E-state index contributed by atoms with van der Waals surface area (Å²) in [5.41, 5.74) is 2.16. The molecule has 0 nitrogen and oxygen atoms in total. The van der Waals surface area contributed by atoms with Gasteiger partial charge in [-0.15, -0.1) is 22.8 Å². The van der Waals surface area contributed by atoms with Crippen molar-refractivity contribution in [1.29, 1.82) is 0 Å². The largest absolute Gasteiger partial charge is 0.113 e. The molecule has 0 amide bonds. The Morgan fingerprint density at radius 1 is 1.31 bits per heavy atom. The maximum atomic E-state index is 6.03. The molecular weight excluding hydrogens is 271 g/mol. The third kappa shape index (κ3) is 2.74. The molecule has 1 heterocycles. The fourth-order valence-electron chi connectivity index (χ4n) is 2.83. The Kier molecular flexibility index (Phi) is 4.55. The predicted molar refractivity (Wildman–Crippen MR) is 84.3 cm³/mol. The van der Waals surface area contributed by atoms with E-state index in [4.69, 9.17) is 11.8 Å². The summed E-state index contributed by atoms with van der Waals surface area (Å²) >= 11 is 10.3. The van der Waals surface area contributed by atoms with E-state index in [0.717, 1.165) is 17.5 Å². The third-order valence-electron chi connectivity index (χ3n) is 3.74. The van der Waals surface area contributed by atoms with Crippen LogP contribution in [0.15, 0.2) is 12.2 Å². The van der Waals surface area contributed by atoms with Crippen molar-refractivity contribution in [3.63, 3.8) is 0 Å². The zero-order valence-corrected chi connectivity index (χ0v) is 13.5. The topological polar surface area (TPSA) is 0 Å². The molecule has 16 heavy (non-hydrogen) atoms. The third-order valence-corrected chi connectivity index (χ3v) is 16.4. The first-order valence-corrected chi connectivity index (χ1v) is 12.1. The Hall–Kier alpha value is 1.09. The molecule has 0 aromatic rings. The van der Waals surface area contributed by atoms with Gasteiger partial charge in [-0.05, 0) is 31.6 Å². The van der Waals surface area contributed by atoms with E-state index in [9.17, 15) is 0 Å². The van der Waals surface area contributed by atoms with Crippen LogP contribution < -0.4 is 0 Å².